The van der Waals surface area contributed by atoms with Crippen molar-refractivity contribution in [3.63, 3.8) is 0 Å². The molecule has 0 bridgehead atoms. The molecule has 0 unspecified atom stereocenters. The van der Waals surface area contributed by atoms with Gasteiger partial charge < -0.3 is 14.2 Å². The van der Waals surface area contributed by atoms with Gasteiger partial charge in [-0.15, -0.1) is 0 Å². The third-order valence-electron chi connectivity index (χ3n) is 3.38. The monoisotopic (exact) mass is 424 g/mol. The molecule has 0 aliphatic carbocycles. The van der Waals surface area contributed by atoms with Gasteiger partial charge in [0.05, 0.1) is 25.0 Å². The minimum Gasteiger partial charge on any atom is -0.493 e. The highest BCUT2D eigenvalue weighted by Gasteiger charge is 2.14. The number of esters is 1. The van der Waals surface area contributed by atoms with Crippen molar-refractivity contribution in [2.24, 2.45) is 5.10 Å². The normalized spacial score (nSPS) is 10.6. The molecule has 0 aliphatic rings. The second kappa shape index (κ2) is 10.5. The lowest BCUT2D eigenvalue weighted by Crippen LogP contribution is -2.17. The second-order valence-corrected chi connectivity index (χ2v) is 6.18. The van der Waals surface area contributed by atoms with Gasteiger partial charge in [0.1, 0.15) is 0 Å². The SMILES string of the molecule is CCOC(=O)COc1c(Cl)cc(/C=N\NC(=O)c2ccc(Cl)cc2)cc1OC. The predicted molar refractivity (Wildman–Crippen MR) is 107 cm³/mol. The van der Waals surface area contributed by atoms with Crippen molar-refractivity contribution >= 4 is 41.3 Å². The Kier molecular flexibility index (Phi) is 8.10. The van der Waals surface area contributed by atoms with Crippen LogP contribution in [0.1, 0.15) is 22.8 Å². The van der Waals surface area contributed by atoms with E-state index in [1.807, 2.05) is 0 Å². The highest BCUT2D eigenvalue weighted by atomic mass is 35.5. The number of nitrogens with zero attached hydrogens (tertiary/aromatic N) is 1. The van der Waals surface area contributed by atoms with Gasteiger partial charge in [-0.05, 0) is 48.9 Å². The number of rotatable bonds is 8. The summed E-state index contributed by atoms with van der Waals surface area (Å²) in [7, 11) is 1.44. The average molecular weight is 425 g/mol. The van der Waals surface area contributed by atoms with Crippen LogP contribution in [0.4, 0.5) is 0 Å². The summed E-state index contributed by atoms with van der Waals surface area (Å²) in [4.78, 5) is 23.4. The first-order chi connectivity index (χ1) is 13.4. The van der Waals surface area contributed by atoms with E-state index in [1.165, 1.54) is 13.3 Å². The van der Waals surface area contributed by atoms with E-state index in [0.29, 0.717) is 21.9 Å². The summed E-state index contributed by atoms with van der Waals surface area (Å²) in [6, 6.07) is 9.55. The van der Waals surface area contributed by atoms with Gasteiger partial charge in [0, 0.05) is 10.6 Å². The highest BCUT2D eigenvalue weighted by molar-refractivity contribution is 6.32. The maximum Gasteiger partial charge on any atom is 0.344 e. The van der Waals surface area contributed by atoms with Crippen LogP contribution in [0.5, 0.6) is 11.5 Å². The van der Waals surface area contributed by atoms with Crippen LogP contribution >= 0.6 is 23.2 Å². The summed E-state index contributed by atoms with van der Waals surface area (Å²) in [5.41, 5.74) is 3.38. The van der Waals surface area contributed by atoms with E-state index in [0.717, 1.165) is 0 Å². The molecule has 28 heavy (non-hydrogen) atoms. The van der Waals surface area contributed by atoms with Crippen LogP contribution in [-0.4, -0.2) is 38.4 Å². The molecule has 1 amide bonds. The van der Waals surface area contributed by atoms with E-state index >= 15 is 0 Å². The van der Waals surface area contributed by atoms with Crippen LogP contribution in [-0.2, 0) is 9.53 Å². The second-order valence-electron chi connectivity index (χ2n) is 5.33. The summed E-state index contributed by atoms with van der Waals surface area (Å²) < 4.78 is 15.4. The standard InChI is InChI=1S/C19H18Cl2N2O5/c1-3-27-17(24)11-28-18-15(21)8-12(9-16(18)26-2)10-22-23-19(25)13-4-6-14(20)7-5-13/h4-10H,3,11H2,1-2H3,(H,23,25)/b22-10-. The molecule has 148 valence electrons. The third-order valence-corrected chi connectivity index (χ3v) is 3.91. The number of benzene rings is 2. The maximum atomic E-state index is 12.0. The molecule has 9 heteroatoms. The zero-order valence-electron chi connectivity index (χ0n) is 15.2. The fraction of sp³-hybridized carbons (Fsp3) is 0.211. The van der Waals surface area contributed by atoms with Crippen LogP contribution in [0, 0.1) is 0 Å². The molecule has 1 N–H and O–H groups in total. The van der Waals surface area contributed by atoms with Crippen molar-refractivity contribution in [3.8, 4) is 11.5 Å². The lowest BCUT2D eigenvalue weighted by molar-refractivity contribution is -0.145. The number of amides is 1. The number of hydrazone groups is 1. The molecule has 0 aliphatic heterocycles. The van der Waals surface area contributed by atoms with Gasteiger partial charge in [-0.2, -0.15) is 5.10 Å². The number of ether oxygens (including phenoxy) is 3. The van der Waals surface area contributed by atoms with E-state index in [-0.39, 0.29) is 29.9 Å². The van der Waals surface area contributed by atoms with Crippen LogP contribution in [0.25, 0.3) is 0 Å². The van der Waals surface area contributed by atoms with E-state index in [1.54, 1.807) is 43.3 Å². The van der Waals surface area contributed by atoms with Crippen molar-refractivity contribution in [2.45, 2.75) is 6.92 Å². The summed E-state index contributed by atoms with van der Waals surface area (Å²) in [6.45, 7) is 1.66. The predicted octanol–water partition coefficient (Wildman–Crippen LogP) is 3.71. The van der Waals surface area contributed by atoms with Crippen LogP contribution in [0.3, 0.4) is 0 Å². The number of carbonyl (C=O) groups is 2. The minimum absolute atomic E-state index is 0.208. The van der Waals surface area contributed by atoms with Gasteiger partial charge in [-0.1, -0.05) is 23.2 Å². The fourth-order valence-corrected chi connectivity index (χ4v) is 2.52. The molecule has 0 heterocycles. The van der Waals surface area contributed by atoms with Crippen molar-refractivity contribution in [1.29, 1.82) is 0 Å². The Hall–Kier alpha value is -2.77. The van der Waals surface area contributed by atoms with E-state index in [9.17, 15) is 9.59 Å². The molecule has 0 saturated carbocycles. The van der Waals surface area contributed by atoms with Gasteiger partial charge in [0.25, 0.3) is 5.91 Å². The summed E-state index contributed by atoms with van der Waals surface area (Å²) in [5, 5.41) is 4.65. The molecule has 2 aromatic carbocycles. The molecule has 0 radical (unpaired) electrons. The zero-order valence-corrected chi connectivity index (χ0v) is 16.7. The fourth-order valence-electron chi connectivity index (χ4n) is 2.12. The Balaban J connectivity index is 2.06. The van der Waals surface area contributed by atoms with Crippen molar-refractivity contribution in [3.05, 3.63) is 57.6 Å². The summed E-state index contributed by atoms with van der Waals surface area (Å²) in [6.07, 6.45) is 1.40. The Morgan fingerprint density at radius 2 is 1.89 bits per heavy atom. The summed E-state index contributed by atoms with van der Waals surface area (Å²) in [5.74, 6) is -0.390. The molecular formula is C19H18Cl2N2O5. The molecule has 0 saturated heterocycles. The number of hydrogen-bond acceptors (Lipinski definition) is 6. The van der Waals surface area contributed by atoms with Crippen LogP contribution in [0.2, 0.25) is 10.0 Å². The molecule has 7 nitrogen and oxygen atoms in total. The molecule has 0 spiro atoms. The average Bonchev–Trinajstić information content (AvgIpc) is 2.67. The Labute approximate surface area is 172 Å². The van der Waals surface area contributed by atoms with Crippen molar-refractivity contribution in [1.82, 2.24) is 5.43 Å². The molecule has 0 aromatic heterocycles. The lowest BCUT2D eigenvalue weighted by Gasteiger charge is -2.12. The van der Waals surface area contributed by atoms with E-state index < -0.39 is 5.97 Å². The van der Waals surface area contributed by atoms with Gasteiger partial charge in [0.15, 0.2) is 18.1 Å². The quantitative estimate of drug-likeness (QED) is 0.396. The highest BCUT2D eigenvalue weighted by Crippen LogP contribution is 2.36. The van der Waals surface area contributed by atoms with Crippen molar-refractivity contribution in [2.75, 3.05) is 20.3 Å². The Bertz CT molecular complexity index is 869. The van der Waals surface area contributed by atoms with E-state index in [4.69, 9.17) is 37.4 Å². The molecule has 2 aromatic rings. The van der Waals surface area contributed by atoms with Gasteiger partial charge in [-0.25, -0.2) is 10.2 Å². The lowest BCUT2D eigenvalue weighted by atomic mass is 10.2. The zero-order chi connectivity index (χ0) is 20.5. The Morgan fingerprint density at radius 1 is 1.18 bits per heavy atom. The maximum absolute atomic E-state index is 12.0. The first-order valence-electron chi connectivity index (χ1n) is 8.19. The first kappa shape index (κ1) is 21.5. The van der Waals surface area contributed by atoms with E-state index in [2.05, 4.69) is 10.5 Å². The smallest absolute Gasteiger partial charge is 0.344 e. The summed E-state index contributed by atoms with van der Waals surface area (Å²) >= 11 is 12.0. The van der Waals surface area contributed by atoms with Crippen LogP contribution < -0.4 is 14.9 Å². The molecule has 0 fully saturated rings. The third kappa shape index (κ3) is 6.14. The first-order valence-corrected chi connectivity index (χ1v) is 8.95. The largest absolute Gasteiger partial charge is 0.493 e. The number of nitrogens with one attached hydrogen (secondary N) is 1. The number of hydrogen-bond donors (Lipinski definition) is 1. The number of halogens is 2. The van der Waals surface area contributed by atoms with Gasteiger partial charge >= 0.3 is 5.97 Å². The molecule has 0 atom stereocenters. The van der Waals surface area contributed by atoms with Crippen LogP contribution in [0.15, 0.2) is 41.5 Å². The molecule has 2 rings (SSSR count). The topological polar surface area (TPSA) is 86.2 Å². The molecular weight excluding hydrogens is 407 g/mol. The number of methoxy groups -OCH3 is 1. The Morgan fingerprint density at radius 3 is 2.54 bits per heavy atom. The van der Waals surface area contributed by atoms with Gasteiger partial charge in [0.2, 0.25) is 0 Å². The minimum atomic E-state index is -0.517. The van der Waals surface area contributed by atoms with Gasteiger partial charge in [-0.3, -0.25) is 4.79 Å². The number of carbonyl (C=O) groups excluding carboxylic acids is 2. The van der Waals surface area contributed by atoms with Crippen molar-refractivity contribution < 1.29 is 23.8 Å².